The first kappa shape index (κ1) is 22.0. The summed E-state index contributed by atoms with van der Waals surface area (Å²) in [7, 11) is 0. The molecular weight excluding hydrogens is 406 g/mol. The molecule has 2 aromatic heterocycles. The van der Waals surface area contributed by atoms with Gasteiger partial charge < -0.3 is 15.0 Å². The van der Waals surface area contributed by atoms with Crippen LogP contribution >= 0.6 is 0 Å². The lowest BCUT2D eigenvalue weighted by atomic mass is 9.95. The number of hydrogen-bond donors (Lipinski definition) is 1. The van der Waals surface area contributed by atoms with E-state index in [-0.39, 0.29) is 34.9 Å². The molecule has 32 heavy (non-hydrogen) atoms. The van der Waals surface area contributed by atoms with Gasteiger partial charge in [-0.3, -0.25) is 14.0 Å². The zero-order chi connectivity index (χ0) is 22.7. The van der Waals surface area contributed by atoms with Crippen LogP contribution in [0.3, 0.4) is 0 Å². The average Bonchev–Trinajstić information content (AvgIpc) is 2.78. The highest BCUT2D eigenvalue weighted by Gasteiger charge is 2.27. The molecule has 3 heterocycles. The van der Waals surface area contributed by atoms with Gasteiger partial charge in [-0.1, -0.05) is 25.3 Å². The molecule has 2 aliphatic rings. The maximum Gasteiger partial charge on any atom is 0.267 e. The number of morpholine rings is 1. The summed E-state index contributed by atoms with van der Waals surface area (Å²) in [4.78, 5) is 33.0. The second-order valence-electron chi connectivity index (χ2n) is 8.72. The van der Waals surface area contributed by atoms with Crippen molar-refractivity contribution in [3.05, 3.63) is 45.9 Å². The Balaban J connectivity index is 1.77. The van der Waals surface area contributed by atoms with Gasteiger partial charge in [0, 0.05) is 25.3 Å². The molecule has 0 radical (unpaired) electrons. The number of ether oxygens (including phenoxy) is 1. The van der Waals surface area contributed by atoms with E-state index in [1.807, 2.05) is 30.9 Å². The number of hydrogen-bond acceptors (Lipinski definition) is 6. The monoisotopic (exact) mass is 435 g/mol. The summed E-state index contributed by atoms with van der Waals surface area (Å²) >= 11 is 0. The molecule has 8 heteroatoms. The van der Waals surface area contributed by atoms with E-state index < -0.39 is 5.91 Å². The summed E-state index contributed by atoms with van der Waals surface area (Å²) < 4.78 is 7.28. The number of amides is 1. The predicted molar refractivity (Wildman–Crippen MR) is 122 cm³/mol. The first-order chi connectivity index (χ1) is 15.5. The Morgan fingerprint density at radius 1 is 1.22 bits per heavy atom. The number of carbonyl (C=O) groups excluding carboxylic acids is 1. The molecule has 0 unspecified atom stereocenters. The molecule has 1 N–H and O–H groups in total. The van der Waals surface area contributed by atoms with Crippen molar-refractivity contribution in [2.75, 3.05) is 18.0 Å². The van der Waals surface area contributed by atoms with Crippen LogP contribution in [0.15, 0.2) is 34.8 Å². The highest BCUT2D eigenvalue weighted by molar-refractivity contribution is 6.02. The molecule has 1 saturated carbocycles. The van der Waals surface area contributed by atoms with Gasteiger partial charge in [0.05, 0.1) is 17.8 Å². The van der Waals surface area contributed by atoms with Crippen LogP contribution in [0.2, 0.25) is 0 Å². The molecule has 0 aromatic carbocycles. The number of nitrogens with one attached hydrogen (secondary N) is 1. The van der Waals surface area contributed by atoms with Crippen LogP contribution in [-0.2, 0) is 9.53 Å². The van der Waals surface area contributed by atoms with Crippen molar-refractivity contribution in [3.8, 4) is 6.07 Å². The second-order valence-corrected chi connectivity index (χ2v) is 8.72. The lowest BCUT2D eigenvalue weighted by Gasteiger charge is -2.36. The summed E-state index contributed by atoms with van der Waals surface area (Å²) in [6.45, 7) is 5.09. The normalized spacial score (nSPS) is 22.5. The van der Waals surface area contributed by atoms with Crippen LogP contribution in [0.4, 0.5) is 5.82 Å². The highest BCUT2D eigenvalue weighted by Crippen LogP contribution is 2.24. The average molecular weight is 436 g/mol. The Labute approximate surface area is 187 Å². The van der Waals surface area contributed by atoms with Crippen molar-refractivity contribution in [1.82, 2.24) is 14.7 Å². The van der Waals surface area contributed by atoms with Crippen LogP contribution in [-0.4, -0.2) is 46.6 Å². The zero-order valence-electron chi connectivity index (χ0n) is 18.6. The fourth-order valence-electron chi connectivity index (χ4n) is 4.61. The number of nitrogens with zero attached hydrogens (tertiary/aromatic N) is 4. The smallest absolute Gasteiger partial charge is 0.267 e. The molecule has 1 amide bonds. The first-order valence-electron chi connectivity index (χ1n) is 11.3. The quantitative estimate of drug-likeness (QED) is 0.585. The predicted octanol–water partition coefficient (Wildman–Crippen LogP) is 2.66. The fourth-order valence-corrected chi connectivity index (χ4v) is 4.61. The van der Waals surface area contributed by atoms with E-state index in [9.17, 15) is 14.9 Å². The van der Waals surface area contributed by atoms with Crippen molar-refractivity contribution >= 4 is 23.4 Å². The molecule has 2 fully saturated rings. The Kier molecular flexibility index (Phi) is 6.56. The topological polar surface area (TPSA) is 99.7 Å². The van der Waals surface area contributed by atoms with Crippen molar-refractivity contribution in [1.29, 1.82) is 5.26 Å². The molecule has 2 aromatic rings. The third kappa shape index (κ3) is 4.68. The minimum atomic E-state index is -0.438. The van der Waals surface area contributed by atoms with Gasteiger partial charge in [0.1, 0.15) is 23.1 Å². The summed E-state index contributed by atoms with van der Waals surface area (Å²) in [5.41, 5.74) is 0.364. The molecule has 4 rings (SSSR count). The standard InChI is InChI=1S/C24H29N5O3/c1-16-14-28(15-17(2)32-16)22-20(24(31)29-11-7-6-10-21(29)27-22)12-18(13-25)23(30)26-19-8-4-3-5-9-19/h6-7,10-12,16-17,19H,3-5,8-9,14-15H2,1-2H3,(H,26,30)/b18-12+/t16-,17-/m0/s1. The number of aromatic nitrogens is 2. The summed E-state index contributed by atoms with van der Waals surface area (Å²) in [5.74, 6) is 0.0352. The van der Waals surface area contributed by atoms with Crippen LogP contribution in [0.5, 0.6) is 0 Å². The number of carbonyl (C=O) groups is 1. The Morgan fingerprint density at radius 2 is 1.94 bits per heavy atom. The Morgan fingerprint density at radius 3 is 2.62 bits per heavy atom. The van der Waals surface area contributed by atoms with Gasteiger partial charge in [0.2, 0.25) is 0 Å². The molecule has 2 atom stereocenters. The molecular formula is C24H29N5O3. The fraction of sp³-hybridized carbons (Fsp3) is 0.500. The van der Waals surface area contributed by atoms with E-state index in [4.69, 9.17) is 9.72 Å². The lowest BCUT2D eigenvalue weighted by Crippen LogP contribution is -2.46. The molecule has 1 saturated heterocycles. The molecule has 0 spiro atoms. The van der Waals surface area contributed by atoms with Crippen LogP contribution < -0.4 is 15.8 Å². The molecule has 1 aliphatic carbocycles. The van der Waals surface area contributed by atoms with Crippen molar-refractivity contribution < 1.29 is 9.53 Å². The summed E-state index contributed by atoms with van der Waals surface area (Å²) in [6, 6.07) is 7.41. The summed E-state index contributed by atoms with van der Waals surface area (Å²) in [5, 5.41) is 12.7. The number of nitriles is 1. The maximum atomic E-state index is 13.4. The van der Waals surface area contributed by atoms with Gasteiger partial charge in [-0.25, -0.2) is 4.98 Å². The van der Waals surface area contributed by atoms with Crippen molar-refractivity contribution in [3.63, 3.8) is 0 Å². The van der Waals surface area contributed by atoms with Crippen LogP contribution in [0.1, 0.15) is 51.5 Å². The van der Waals surface area contributed by atoms with Gasteiger partial charge in [-0.15, -0.1) is 0 Å². The first-order valence-corrected chi connectivity index (χ1v) is 11.3. The number of fused-ring (bicyclic) bond motifs is 1. The minimum Gasteiger partial charge on any atom is -0.372 e. The lowest BCUT2D eigenvalue weighted by molar-refractivity contribution is -0.117. The van der Waals surface area contributed by atoms with E-state index in [0.717, 1.165) is 25.7 Å². The van der Waals surface area contributed by atoms with Gasteiger partial charge in [-0.05, 0) is 44.9 Å². The van der Waals surface area contributed by atoms with Crippen molar-refractivity contribution in [2.24, 2.45) is 0 Å². The van der Waals surface area contributed by atoms with Gasteiger partial charge in [0.25, 0.3) is 11.5 Å². The molecule has 1 aliphatic heterocycles. The minimum absolute atomic E-state index is 0.0309. The van der Waals surface area contributed by atoms with Gasteiger partial charge >= 0.3 is 0 Å². The van der Waals surface area contributed by atoms with E-state index in [1.54, 1.807) is 18.3 Å². The third-order valence-electron chi connectivity index (χ3n) is 6.06. The molecule has 0 bridgehead atoms. The maximum absolute atomic E-state index is 13.4. The number of rotatable bonds is 4. The zero-order valence-corrected chi connectivity index (χ0v) is 18.6. The second kappa shape index (κ2) is 9.53. The Bertz CT molecular complexity index is 1120. The van der Waals surface area contributed by atoms with E-state index in [1.165, 1.54) is 16.9 Å². The summed E-state index contributed by atoms with van der Waals surface area (Å²) in [6.07, 6.45) is 8.13. The van der Waals surface area contributed by atoms with Gasteiger partial charge in [-0.2, -0.15) is 5.26 Å². The molecule has 8 nitrogen and oxygen atoms in total. The third-order valence-corrected chi connectivity index (χ3v) is 6.06. The van der Waals surface area contributed by atoms with Crippen LogP contribution in [0, 0.1) is 11.3 Å². The highest BCUT2D eigenvalue weighted by atomic mass is 16.5. The molecule has 168 valence electrons. The van der Waals surface area contributed by atoms with Crippen molar-refractivity contribution in [2.45, 2.75) is 64.2 Å². The van der Waals surface area contributed by atoms with E-state index in [2.05, 4.69) is 5.32 Å². The van der Waals surface area contributed by atoms with E-state index in [0.29, 0.717) is 24.6 Å². The van der Waals surface area contributed by atoms with E-state index >= 15 is 0 Å². The number of pyridine rings is 1. The Hall–Kier alpha value is -3.18. The SMILES string of the molecule is C[C@H]1CN(c2nc3ccccn3c(=O)c2/C=C(\C#N)C(=O)NC2CCCCC2)C[C@H](C)O1. The van der Waals surface area contributed by atoms with Gasteiger partial charge in [0.15, 0.2) is 0 Å². The number of anilines is 1. The van der Waals surface area contributed by atoms with Crippen LogP contribution in [0.25, 0.3) is 11.7 Å². The largest absolute Gasteiger partial charge is 0.372 e.